The SMILES string of the molecule is CCNS(=O)(=O)c1cccc(C(=O)Nc2ccccc2COCC)c1. The van der Waals surface area contributed by atoms with Gasteiger partial charge in [0.25, 0.3) is 5.91 Å². The van der Waals surface area contributed by atoms with Gasteiger partial charge >= 0.3 is 0 Å². The van der Waals surface area contributed by atoms with Crippen molar-refractivity contribution >= 4 is 21.6 Å². The van der Waals surface area contributed by atoms with Crippen LogP contribution in [0.2, 0.25) is 0 Å². The first-order chi connectivity index (χ1) is 12.0. The van der Waals surface area contributed by atoms with Crippen LogP contribution in [-0.4, -0.2) is 27.5 Å². The molecule has 1 amide bonds. The van der Waals surface area contributed by atoms with Gasteiger partial charge in [-0.25, -0.2) is 13.1 Å². The predicted octanol–water partition coefficient (Wildman–Crippen LogP) is 2.77. The van der Waals surface area contributed by atoms with Crippen molar-refractivity contribution in [3.8, 4) is 0 Å². The Morgan fingerprint density at radius 3 is 2.56 bits per heavy atom. The van der Waals surface area contributed by atoms with E-state index in [4.69, 9.17) is 4.74 Å². The zero-order valence-electron chi connectivity index (χ0n) is 14.3. The molecule has 0 saturated heterocycles. The van der Waals surface area contributed by atoms with Gasteiger partial charge in [-0.05, 0) is 31.2 Å². The first kappa shape index (κ1) is 19.1. The van der Waals surface area contributed by atoms with Gasteiger partial charge in [-0.1, -0.05) is 31.2 Å². The van der Waals surface area contributed by atoms with Crippen LogP contribution >= 0.6 is 0 Å². The molecule has 0 radical (unpaired) electrons. The summed E-state index contributed by atoms with van der Waals surface area (Å²) in [6, 6.07) is 13.3. The molecule has 0 aliphatic carbocycles. The van der Waals surface area contributed by atoms with Crippen molar-refractivity contribution < 1.29 is 17.9 Å². The second kappa shape index (κ2) is 8.75. The summed E-state index contributed by atoms with van der Waals surface area (Å²) in [5.74, 6) is -0.377. The number of nitrogens with one attached hydrogen (secondary N) is 2. The van der Waals surface area contributed by atoms with E-state index < -0.39 is 10.0 Å². The lowest BCUT2D eigenvalue weighted by Crippen LogP contribution is -2.23. The summed E-state index contributed by atoms with van der Waals surface area (Å²) in [6.45, 7) is 4.85. The zero-order valence-corrected chi connectivity index (χ0v) is 15.1. The number of amides is 1. The maximum Gasteiger partial charge on any atom is 0.255 e. The highest BCUT2D eigenvalue weighted by atomic mass is 32.2. The van der Waals surface area contributed by atoms with Gasteiger partial charge in [0, 0.05) is 30.0 Å². The molecule has 0 fully saturated rings. The normalized spacial score (nSPS) is 11.3. The fourth-order valence-corrected chi connectivity index (χ4v) is 3.34. The quantitative estimate of drug-likeness (QED) is 0.756. The van der Waals surface area contributed by atoms with Crippen LogP contribution in [0.25, 0.3) is 0 Å². The van der Waals surface area contributed by atoms with E-state index in [-0.39, 0.29) is 22.9 Å². The Kier molecular flexibility index (Phi) is 6.69. The molecule has 134 valence electrons. The van der Waals surface area contributed by atoms with Crippen LogP contribution in [0.3, 0.4) is 0 Å². The molecular weight excluding hydrogens is 340 g/mol. The third-order valence-corrected chi connectivity index (χ3v) is 5.01. The lowest BCUT2D eigenvalue weighted by molar-refractivity contribution is 0.102. The Labute approximate surface area is 148 Å². The van der Waals surface area contributed by atoms with Crippen molar-refractivity contribution in [2.75, 3.05) is 18.5 Å². The summed E-state index contributed by atoms with van der Waals surface area (Å²) in [5.41, 5.74) is 1.76. The number of para-hydroxylation sites is 1. The molecule has 2 aromatic rings. The van der Waals surface area contributed by atoms with E-state index in [1.165, 1.54) is 12.1 Å². The van der Waals surface area contributed by atoms with E-state index in [1.54, 1.807) is 25.1 Å². The molecule has 7 heteroatoms. The van der Waals surface area contributed by atoms with Crippen LogP contribution in [0, 0.1) is 0 Å². The molecule has 0 aliphatic heterocycles. The lowest BCUT2D eigenvalue weighted by atomic mass is 10.1. The Hall–Kier alpha value is -2.22. The van der Waals surface area contributed by atoms with Crippen LogP contribution in [0.1, 0.15) is 29.8 Å². The average Bonchev–Trinajstić information content (AvgIpc) is 2.61. The number of carbonyl (C=O) groups is 1. The van der Waals surface area contributed by atoms with Gasteiger partial charge in [-0.3, -0.25) is 4.79 Å². The Bertz CT molecular complexity index is 834. The van der Waals surface area contributed by atoms with E-state index in [1.807, 2.05) is 25.1 Å². The number of benzene rings is 2. The summed E-state index contributed by atoms with van der Waals surface area (Å²) < 4.78 is 32.0. The first-order valence-corrected chi connectivity index (χ1v) is 9.53. The molecule has 0 spiro atoms. The highest BCUT2D eigenvalue weighted by molar-refractivity contribution is 7.89. The Morgan fingerprint density at radius 1 is 1.08 bits per heavy atom. The highest BCUT2D eigenvalue weighted by Gasteiger charge is 2.16. The number of ether oxygens (including phenoxy) is 1. The minimum absolute atomic E-state index is 0.0598. The maximum atomic E-state index is 12.5. The fraction of sp³-hybridized carbons (Fsp3) is 0.278. The van der Waals surface area contributed by atoms with Gasteiger partial charge in [0.05, 0.1) is 11.5 Å². The summed E-state index contributed by atoms with van der Waals surface area (Å²) in [5, 5.41) is 2.81. The number of sulfonamides is 1. The van der Waals surface area contributed by atoms with Gasteiger partial charge in [-0.2, -0.15) is 0 Å². The molecule has 6 nitrogen and oxygen atoms in total. The van der Waals surface area contributed by atoms with Crippen LogP contribution in [0.4, 0.5) is 5.69 Å². The van der Waals surface area contributed by atoms with E-state index in [9.17, 15) is 13.2 Å². The third-order valence-electron chi connectivity index (χ3n) is 3.47. The second-order valence-electron chi connectivity index (χ2n) is 5.28. The maximum absolute atomic E-state index is 12.5. The molecule has 2 rings (SSSR count). The van der Waals surface area contributed by atoms with Crippen molar-refractivity contribution in [1.82, 2.24) is 4.72 Å². The van der Waals surface area contributed by atoms with Crippen molar-refractivity contribution in [3.63, 3.8) is 0 Å². The Balaban J connectivity index is 2.22. The standard InChI is InChI=1S/C18H22N2O4S/c1-3-19-25(22,23)16-10-7-9-14(12-16)18(21)20-17-11-6-5-8-15(17)13-24-4-2/h5-12,19H,3-4,13H2,1-2H3,(H,20,21). The van der Waals surface area contributed by atoms with Gasteiger partial charge < -0.3 is 10.1 Å². The smallest absolute Gasteiger partial charge is 0.255 e. The molecule has 0 bridgehead atoms. The van der Waals surface area contributed by atoms with E-state index in [0.717, 1.165) is 5.56 Å². The number of anilines is 1. The zero-order chi connectivity index (χ0) is 18.3. The molecule has 0 unspecified atom stereocenters. The third kappa shape index (κ3) is 5.12. The molecule has 0 aliphatic rings. The van der Waals surface area contributed by atoms with Crippen molar-refractivity contribution in [2.45, 2.75) is 25.3 Å². The summed E-state index contributed by atoms with van der Waals surface area (Å²) >= 11 is 0. The molecule has 2 aromatic carbocycles. The topological polar surface area (TPSA) is 84.5 Å². The number of carbonyl (C=O) groups excluding carboxylic acids is 1. The van der Waals surface area contributed by atoms with Crippen LogP contribution < -0.4 is 10.0 Å². The predicted molar refractivity (Wildman–Crippen MR) is 97.0 cm³/mol. The lowest BCUT2D eigenvalue weighted by Gasteiger charge is -2.12. The van der Waals surface area contributed by atoms with E-state index >= 15 is 0 Å². The Morgan fingerprint density at radius 2 is 1.84 bits per heavy atom. The second-order valence-corrected chi connectivity index (χ2v) is 7.04. The monoisotopic (exact) mass is 362 g/mol. The first-order valence-electron chi connectivity index (χ1n) is 8.04. The van der Waals surface area contributed by atoms with Crippen LogP contribution in [0.5, 0.6) is 0 Å². The van der Waals surface area contributed by atoms with Crippen LogP contribution in [-0.2, 0) is 21.4 Å². The van der Waals surface area contributed by atoms with Gasteiger partial charge in [0.15, 0.2) is 0 Å². The largest absolute Gasteiger partial charge is 0.377 e. The van der Waals surface area contributed by atoms with Crippen molar-refractivity contribution in [3.05, 3.63) is 59.7 Å². The van der Waals surface area contributed by atoms with E-state index in [2.05, 4.69) is 10.0 Å². The number of rotatable bonds is 8. The average molecular weight is 362 g/mol. The number of hydrogen-bond donors (Lipinski definition) is 2. The minimum Gasteiger partial charge on any atom is -0.377 e. The van der Waals surface area contributed by atoms with Crippen LogP contribution in [0.15, 0.2) is 53.4 Å². The molecular formula is C18H22N2O4S. The van der Waals surface area contributed by atoms with Gasteiger partial charge in [-0.15, -0.1) is 0 Å². The molecule has 0 heterocycles. The van der Waals surface area contributed by atoms with Crippen molar-refractivity contribution in [2.24, 2.45) is 0 Å². The summed E-state index contributed by atoms with van der Waals surface area (Å²) in [7, 11) is -3.61. The molecule has 0 aromatic heterocycles. The summed E-state index contributed by atoms with van der Waals surface area (Å²) in [4.78, 5) is 12.6. The molecule has 2 N–H and O–H groups in total. The van der Waals surface area contributed by atoms with Crippen molar-refractivity contribution in [1.29, 1.82) is 0 Å². The van der Waals surface area contributed by atoms with Gasteiger partial charge in [0.1, 0.15) is 0 Å². The van der Waals surface area contributed by atoms with Gasteiger partial charge in [0.2, 0.25) is 10.0 Å². The van der Waals surface area contributed by atoms with E-state index in [0.29, 0.717) is 18.9 Å². The molecule has 0 atom stereocenters. The fourth-order valence-electron chi connectivity index (χ4n) is 2.25. The number of hydrogen-bond acceptors (Lipinski definition) is 4. The molecule has 0 saturated carbocycles. The molecule has 25 heavy (non-hydrogen) atoms. The summed E-state index contributed by atoms with van der Waals surface area (Å²) in [6.07, 6.45) is 0. The minimum atomic E-state index is -3.61. The highest BCUT2D eigenvalue weighted by Crippen LogP contribution is 2.18.